The van der Waals surface area contributed by atoms with E-state index in [9.17, 15) is 13.2 Å². The van der Waals surface area contributed by atoms with Gasteiger partial charge in [0.05, 0.1) is 5.56 Å². The van der Waals surface area contributed by atoms with Crippen molar-refractivity contribution in [2.45, 2.75) is 23.2 Å². The van der Waals surface area contributed by atoms with Gasteiger partial charge in [0, 0.05) is 22.3 Å². The van der Waals surface area contributed by atoms with E-state index in [1.54, 1.807) is 11.0 Å². The van der Waals surface area contributed by atoms with Crippen LogP contribution in [0.25, 0.3) is 0 Å². The van der Waals surface area contributed by atoms with Crippen molar-refractivity contribution < 1.29 is 13.2 Å². The fourth-order valence-corrected chi connectivity index (χ4v) is 3.31. The Hall–Kier alpha value is -0.690. The predicted octanol–water partition coefficient (Wildman–Crippen LogP) is 4.35. The van der Waals surface area contributed by atoms with E-state index in [0.29, 0.717) is 12.2 Å². The van der Waals surface area contributed by atoms with Crippen molar-refractivity contribution in [2.24, 2.45) is 0 Å². The van der Waals surface area contributed by atoms with Crippen LogP contribution in [-0.2, 0) is 6.18 Å². The quantitative estimate of drug-likeness (QED) is 0.801. The van der Waals surface area contributed by atoms with Crippen LogP contribution in [0.4, 0.5) is 18.9 Å². The molecule has 2 nitrogen and oxygen atoms in total. The number of nitrogens with one attached hydrogen (secondary N) is 1. The van der Waals surface area contributed by atoms with Gasteiger partial charge >= 0.3 is 6.18 Å². The van der Waals surface area contributed by atoms with E-state index in [0.717, 1.165) is 12.1 Å². The molecular formula is C12H12BrF3N2S. The second-order valence-corrected chi connectivity index (χ2v) is 6.97. The minimum Gasteiger partial charge on any atom is -0.320 e. The molecule has 1 aromatic rings. The van der Waals surface area contributed by atoms with Gasteiger partial charge in [-0.05, 0) is 18.2 Å². The Labute approximate surface area is 122 Å². The van der Waals surface area contributed by atoms with Crippen LogP contribution >= 0.6 is 27.7 Å². The third-order valence-electron chi connectivity index (χ3n) is 2.87. The van der Waals surface area contributed by atoms with Crippen LogP contribution in [0.5, 0.6) is 0 Å². The van der Waals surface area contributed by atoms with Crippen molar-refractivity contribution in [3.63, 3.8) is 0 Å². The van der Waals surface area contributed by atoms with Gasteiger partial charge in [-0.25, -0.2) is 0 Å². The summed E-state index contributed by atoms with van der Waals surface area (Å²) in [6, 6.07) is 5.11. The zero-order valence-electron chi connectivity index (χ0n) is 10.0. The molecule has 2 rings (SSSR count). The highest BCUT2D eigenvalue weighted by Gasteiger charge is 2.34. The minimum atomic E-state index is -4.35. The fraction of sp³-hybridized carbons (Fsp3) is 0.417. The first-order valence-electron chi connectivity index (χ1n) is 5.63. The lowest BCUT2D eigenvalue weighted by atomic mass is 10.2. The summed E-state index contributed by atoms with van der Waals surface area (Å²) in [5, 5.41) is 8.34. The number of hydrogen-bond acceptors (Lipinski definition) is 2. The Kier molecular flexibility index (Phi) is 4.15. The lowest BCUT2D eigenvalue weighted by Crippen LogP contribution is -2.27. The average molecular weight is 353 g/mol. The molecule has 1 fully saturated rings. The molecule has 0 amide bonds. The fourth-order valence-electron chi connectivity index (χ4n) is 1.82. The van der Waals surface area contributed by atoms with E-state index in [2.05, 4.69) is 15.9 Å². The topological polar surface area (TPSA) is 27.1 Å². The van der Waals surface area contributed by atoms with Gasteiger partial charge in [-0.2, -0.15) is 13.2 Å². The van der Waals surface area contributed by atoms with Crippen LogP contribution in [0.15, 0.2) is 24.3 Å². The molecule has 0 aromatic heterocycles. The van der Waals surface area contributed by atoms with Crippen LogP contribution in [0.3, 0.4) is 0 Å². The summed E-state index contributed by atoms with van der Waals surface area (Å²) >= 11 is 4.82. The average Bonchev–Trinajstić information content (AvgIpc) is 2.71. The Bertz CT molecular complexity index is 490. The Morgan fingerprint density at radius 2 is 2.16 bits per heavy atom. The number of thioether (sulfide) groups is 1. The molecule has 1 saturated heterocycles. The van der Waals surface area contributed by atoms with E-state index in [1.165, 1.54) is 17.8 Å². The molecule has 0 aliphatic carbocycles. The van der Waals surface area contributed by atoms with E-state index >= 15 is 0 Å². The maximum absolute atomic E-state index is 12.7. The number of nitrogens with zero attached hydrogens (tertiary/aromatic N) is 1. The summed E-state index contributed by atoms with van der Waals surface area (Å²) in [6.45, 7) is 2.51. The molecule has 0 saturated carbocycles. The van der Waals surface area contributed by atoms with Crippen molar-refractivity contribution in [3.05, 3.63) is 29.8 Å². The minimum absolute atomic E-state index is 0.169. The van der Waals surface area contributed by atoms with Gasteiger partial charge in [0.2, 0.25) is 0 Å². The predicted molar refractivity (Wildman–Crippen MR) is 76.3 cm³/mol. The molecule has 1 heterocycles. The second-order valence-electron chi connectivity index (χ2n) is 4.30. The van der Waals surface area contributed by atoms with Gasteiger partial charge in [-0.3, -0.25) is 5.41 Å². The van der Waals surface area contributed by atoms with Crippen LogP contribution in [-0.4, -0.2) is 21.8 Å². The molecule has 2 unspecified atom stereocenters. The molecule has 1 N–H and O–H groups in total. The summed E-state index contributed by atoms with van der Waals surface area (Å²) in [5.74, 6) is 0. The first-order chi connectivity index (χ1) is 8.79. The zero-order chi connectivity index (χ0) is 14.2. The van der Waals surface area contributed by atoms with Crippen molar-refractivity contribution in [2.75, 3.05) is 11.4 Å². The number of anilines is 1. The van der Waals surface area contributed by atoms with Gasteiger partial charge in [0.1, 0.15) is 0 Å². The van der Waals surface area contributed by atoms with Gasteiger partial charge in [0.25, 0.3) is 0 Å². The standard InChI is InChI=1S/C12H12BrF3N2S/c1-7(13)10-6-18(11(17)19-10)9-4-2-3-8(5-9)12(14,15)16/h2-5,7,10,17H,6H2,1H3. The van der Waals surface area contributed by atoms with E-state index < -0.39 is 11.7 Å². The first-order valence-corrected chi connectivity index (χ1v) is 7.42. The number of alkyl halides is 4. The van der Waals surface area contributed by atoms with Crippen molar-refractivity contribution in [3.8, 4) is 0 Å². The molecule has 0 spiro atoms. The highest BCUT2D eigenvalue weighted by atomic mass is 79.9. The number of benzene rings is 1. The van der Waals surface area contributed by atoms with Crippen LogP contribution in [0.2, 0.25) is 0 Å². The largest absolute Gasteiger partial charge is 0.416 e. The van der Waals surface area contributed by atoms with Gasteiger partial charge in [-0.15, -0.1) is 0 Å². The van der Waals surface area contributed by atoms with Crippen LogP contribution in [0, 0.1) is 5.41 Å². The Morgan fingerprint density at radius 3 is 2.68 bits per heavy atom. The second kappa shape index (κ2) is 5.36. The SMILES string of the molecule is CC(Br)C1CN(c2cccc(C(F)(F)F)c2)C(=N)S1. The van der Waals surface area contributed by atoms with E-state index in [4.69, 9.17) is 5.41 Å². The molecule has 2 atom stereocenters. The van der Waals surface area contributed by atoms with Gasteiger partial charge in [-0.1, -0.05) is 40.7 Å². The monoisotopic (exact) mass is 352 g/mol. The third kappa shape index (κ3) is 3.25. The summed E-state index contributed by atoms with van der Waals surface area (Å²) in [4.78, 5) is 1.82. The molecule has 1 aromatic carbocycles. The zero-order valence-corrected chi connectivity index (χ0v) is 12.4. The molecule has 104 valence electrons. The molecular weight excluding hydrogens is 341 g/mol. The van der Waals surface area contributed by atoms with E-state index in [-0.39, 0.29) is 15.2 Å². The summed E-state index contributed by atoms with van der Waals surface area (Å²) in [6.07, 6.45) is -4.35. The summed E-state index contributed by atoms with van der Waals surface area (Å²) < 4.78 is 38.0. The van der Waals surface area contributed by atoms with Crippen molar-refractivity contribution >= 4 is 38.5 Å². The molecule has 1 aliphatic heterocycles. The Morgan fingerprint density at radius 1 is 1.47 bits per heavy atom. The molecule has 1 aliphatic rings. The van der Waals surface area contributed by atoms with Gasteiger partial charge in [0.15, 0.2) is 5.17 Å². The van der Waals surface area contributed by atoms with Crippen LogP contribution in [0.1, 0.15) is 12.5 Å². The molecule has 19 heavy (non-hydrogen) atoms. The van der Waals surface area contributed by atoms with Crippen LogP contribution < -0.4 is 4.90 Å². The lowest BCUT2D eigenvalue weighted by Gasteiger charge is -2.19. The first kappa shape index (κ1) is 14.7. The summed E-state index contributed by atoms with van der Waals surface area (Å²) in [7, 11) is 0. The summed E-state index contributed by atoms with van der Waals surface area (Å²) in [5.41, 5.74) is -0.263. The molecule has 7 heteroatoms. The molecule has 0 bridgehead atoms. The smallest absolute Gasteiger partial charge is 0.320 e. The maximum Gasteiger partial charge on any atom is 0.416 e. The third-order valence-corrected chi connectivity index (χ3v) is 5.16. The van der Waals surface area contributed by atoms with Gasteiger partial charge < -0.3 is 4.90 Å². The number of rotatable bonds is 2. The van der Waals surface area contributed by atoms with Crippen molar-refractivity contribution in [1.29, 1.82) is 5.41 Å². The normalized spacial score (nSPS) is 21.8. The number of halogens is 4. The highest BCUT2D eigenvalue weighted by Crippen LogP contribution is 2.36. The Balaban J connectivity index is 2.26. The van der Waals surface area contributed by atoms with E-state index in [1.807, 2.05) is 6.92 Å². The van der Waals surface area contributed by atoms with Crippen molar-refractivity contribution in [1.82, 2.24) is 0 Å². The lowest BCUT2D eigenvalue weighted by molar-refractivity contribution is -0.137. The molecule has 0 radical (unpaired) electrons. The highest BCUT2D eigenvalue weighted by molar-refractivity contribution is 9.09. The number of hydrogen-bond donors (Lipinski definition) is 1. The number of amidine groups is 1. The maximum atomic E-state index is 12.7.